The Bertz CT molecular complexity index is 385. The fraction of sp³-hybridized carbons (Fsp3) is 0.562. The number of carboxylic acid groups (broad SMARTS) is 1. The third-order valence-electron chi connectivity index (χ3n) is 3.93. The molecule has 0 spiro atoms. The fourth-order valence-corrected chi connectivity index (χ4v) is 2.88. The maximum atomic E-state index is 11.0. The molecule has 1 fully saturated rings. The molecule has 1 heterocycles. The van der Waals surface area contributed by atoms with Crippen LogP contribution in [0.3, 0.4) is 0 Å². The largest absolute Gasteiger partial charge is 0.481 e. The van der Waals surface area contributed by atoms with Crippen LogP contribution in [-0.2, 0) is 11.2 Å². The first-order chi connectivity index (χ1) is 9.25. The molecule has 1 saturated heterocycles. The molecule has 0 saturated carbocycles. The van der Waals surface area contributed by atoms with Gasteiger partial charge in [-0.15, -0.1) is 0 Å². The van der Waals surface area contributed by atoms with Crippen molar-refractivity contribution in [3.63, 3.8) is 0 Å². The first-order valence-corrected chi connectivity index (χ1v) is 7.25. The summed E-state index contributed by atoms with van der Waals surface area (Å²) in [6.07, 6.45) is 5.89. The lowest BCUT2D eigenvalue weighted by Crippen LogP contribution is -2.40. The lowest BCUT2D eigenvalue weighted by atomic mass is 9.99. The van der Waals surface area contributed by atoms with Gasteiger partial charge in [0, 0.05) is 6.04 Å². The molecule has 1 unspecified atom stereocenters. The van der Waals surface area contributed by atoms with Gasteiger partial charge in [0.05, 0.1) is 6.42 Å². The highest BCUT2D eigenvalue weighted by atomic mass is 16.4. The molecule has 1 aromatic rings. The second-order valence-electron chi connectivity index (χ2n) is 5.37. The SMILES string of the molecule is O=C(O)CC(CCc1ccccc1)N1CCCCC1. The van der Waals surface area contributed by atoms with Crippen LogP contribution >= 0.6 is 0 Å². The van der Waals surface area contributed by atoms with Crippen molar-refractivity contribution in [2.24, 2.45) is 0 Å². The average molecular weight is 261 g/mol. The lowest BCUT2D eigenvalue weighted by molar-refractivity contribution is -0.138. The number of aliphatic carboxylic acids is 1. The predicted octanol–water partition coefficient (Wildman–Crippen LogP) is 2.95. The number of hydrogen-bond acceptors (Lipinski definition) is 2. The monoisotopic (exact) mass is 261 g/mol. The van der Waals surface area contributed by atoms with Crippen LogP contribution in [0.4, 0.5) is 0 Å². The number of likely N-dealkylation sites (tertiary alicyclic amines) is 1. The van der Waals surface area contributed by atoms with Crippen LogP contribution in [0.25, 0.3) is 0 Å². The minimum atomic E-state index is -0.677. The van der Waals surface area contributed by atoms with E-state index in [1.807, 2.05) is 18.2 Å². The number of piperidine rings is 1. The van der Waals surface area contributed by atoms with Gasteiger partial charge < -0.3 is 5.11 Å². The Morgan fingerprint density at radius 3 is 2.47 bits per heavy atom. The van der Waals surface area contributed by atoms with Crippen molar-refractivity contribution < 1.29 is 9.90 Å². The maximum absolute atomic E-state index is 11.0. The highest BCUT2D eigenvalue weighted by Crippen LogP contribution is 2.18. The number of hydrogen-bond donors (Lipinski definition) is 1. The van der Waals surface area contributed by atoms with Crippen LogP contribution in [0.1, 0.15) is 37.7 Å². The quantitative estimate of drug-likeness (QED) is 0.856. The summed E-state index contributed by atoms with van der Waals surface area (Å²) in [5, 5.41) is 9.09. The summed E-state index contributed by atoms with van der Waals surface area (Å²) in [4.78, 5) is 13.4. The summed E-state index contributed by atoms with van der Waals surface area (Å²) in [6.45, 7) is 2.12. The molecule has 1 aromatic carbocycles. The first-order valence-electron chi connectivity index (χ1n) is 7.25. The Morgan fingerprint density at radius 2 is 1.84 bits per heavy atom. The van der Waals surface area contributed by atoms with Crippen molar-refractivity contribution in [3.8, 4) is 0 Å². The average Bonchev–Trinajstić information content (AvgIpc) is 2.45. The van der Waals surface area contributed by atoms with Crippen molar-refractivity contribution in [1.82, 2.24) is 4.90 Å². The van der Waals surface area contributed by atoms with E-state index in [1.165, 1.54) is 24.8 Å². The summed E-state index contributed by atoms with van der Waals surface area (Å²) in [6, 6.07) is 10.5. The van der Waals surface area contributed by atoms with E-state index in [4.69, 9.17) is 5.11 Å². The molecule has 1 aliphatic heterocycles. The van der Waals surface area contributed by atoms with E-state index in [0.29, 0.717) is 0 Å². The van der Waals surface area contributed by atoms with Gasteiger partial charge in [-0.1, -0.05) is 36.8 Å². The van der Waals surface area contributed by atoms with Crippen LogP contribution < -0.4 is 0 Å². The summed E-state index contributed by atoms with van der Waals surface area (Å²) in [5.74, 6) is -0.677. The summed E-state index contributed by atoms with van der Waals surface area (Å²) < 4.78 is 0. The number of benzene rings is 1. The van der Waals surface area contributed by atoms with Crippen LogP contribution in [0.2, 0.25) is 0 Å². The van der Waals surface area contributed by atoms with Crippen molar-refractivity contribution in [3.05, 3.63) is 35.9 Å². The number of aryl methyl sites for hydroxylation is 1. The van der Waals surface area contributed by atoms with Gasteiger partial charge in [-0.25, -0.2) is 0 Å². The molecule has 1 N–H and O–H groups in total. The zero-order valence-electron chi connectivity index (χ0n) is 11.4. The molecule has 0 amide bonds. The summed E-state index contributed by atoms with van der Waals surface area (Å²) >= 11 is 0. The van der Waals surface area contributed by atoms with E-state index >= 15 is 0 Å². The Hall–Kier alpha value is -1.35. The standard InChI is InChI=1S/C16H23NO2/c18-16(19)13-15(17-11-5-2-6-12-17)10-9-14-7-3-1-4-8-14/h1,3-4,7-8,15H,2,5-6,9-13H2,(H,18,19). The summed E-state index contributed by atoms with van der Waals surface area (Å²) in [5.41, 5.74) is 1.30. The number of nitrogens with zero attached hydrogens (tertiary/aromatic N) is 1. The minimum Gasteiger partial charge on any atom is -0.481 e. The van der Waals surface area contributed by atoms with Gasteiger partial charge in [-0.05, 0) is 44.3 Å². The van der Waals surface area contributed by atoms with Crippen LogP contribution in [0.15, 0.2) is 30.3 Å². The molecule has 1 aliphatic rings. The molecule has 104 valence electrons. The van der Waals surface area contributed by atoms with E-state index in [1.54, 1.807) is 0 Å². The van der Waals surface area contributed by atoms with Crippen molar-refractivity contribution >= 4 is 5.97 Å². The Labute approximate surface area is 115 Å². The molecule has 1 atom stereocenters. The van der Waals surface area contributed by atoms with Crippen LogP contribution in [0, 0.1) is 0 Å². The van der Waals surface area contributed by atoms with E-state index < -0.39 is 5.97 Å². The normalized spacial score (nSPS) is 18.1. The second kappa shape index (κ2) is 7.29. The molecule has 3 nitrogen and oxygen atoms in total. The van der Waals surface area contributed by atoms with Gasteiger partial charge in [0.1, 0.15) is 0 Å². The second-order valence-corrected chi connectivity index (χ2v) is 5.37. The van der Waals surface area contributed by atoms with Gasteiger partial charge in [0.2, 0.25) is 0 Å². The number of carboxylic acids is 1. The number of carbonyl (C=O) groups is 1. The van der Waals surface area contributed by atoms with E-state index in [9.17, 15) is 4.79 Å². The molecule has 2 rings (SSSR count). The third-order valence-corrected chi connectivity index (χ3v) is 3.93. The van der Waals surface area contributed by atoms with E-state index in [-0.39, 0.29) is 12.5 Å². The van der Waals surface area contributed by atoms with E-state index in [2.05, 4.69) is 17.0 Å². The van der Waals surface area contributed by atoms with Crippen molar-refractivity contribution in [2.75, 3.05) is 13.1 Å². The zero-order valence-corrected chi connectivity index (χ0v) is 11.4. The Morgan fingerprint density at radius 1 is 1.16 bits per heavy atom. The fourth-order valence-electron chi connectivity index (χ4n) is 2.88. The minimum absolute atomic E-state index is 0.193. The molecule has 0 bridgehead atoms. The van der Waals surface area contributed by atoms with Gasteiger partial charge in [0.25, 0.3) is 0 Å². The Balaban J connectivity index is 1.91. The molecule has 3 heteroatoms. The van der Waals surface area contributed by atoms with Gasteiger partial charge in [0.15, 0.2) is 0 Å². The van der Waals surface area contributed by atoms with E-state index in [0.717, 1.165) is 25.9 Å². The first kappa shape index (κ1) is 14.1. The van der Waals surface area contributed by atoms with Gasteiger partial charge in [-0.2, -0.15) is 0 Å². The lowest BCUT2D eigenvalue weighted by Gasteiger charge is -2.34. The summed E-state index contributed by atoms with van der Waals surface area (Å²) in [7, 11) is 0. The number of rotatable bonds is 6. The maximum Gasteiger partial charge on any atom is 0.304 e. The van der Waals surface area contributed by atoms with Crippen molar-refractivity contribution in [1.29, 1.82) is 0 Å². The van der Waals surface area contributed by atoms with Gasteiger partial charge in [-0.3, -0.25) is 9.69 Å². The third kappa shape index (κ3) is 4.67. The molecule has 0 aliphatic carbocycles. The molecule has 19 heavy (non-hydrogen) atoms. The predicted molar refractivity (Wildman–Crippen MR) is 76.2 cm³/mol. The Kier molecular flexibility index (Phi) is 5.40. The molecule has 0 radical (unpaired) electrons. The molecule has 0 aromatic heterocycles. The smallest absolute Gasteiger partial charge is 0.304 e. The van der Waals surface area contributed by atoms with Gasteiger partial charge >= 0.3 is 5.97 Å². The topological polar surface area (TPSA) is 40.5 Å². The van der Waals surface area contributed by atoms with Crippen LogP contribution in [0.5, 0.6) is 0 Å². The highest BCUT2D eigenvalue weighted by molar-refractivity contribution is 5.67. The molecular weight excluding hydrogens is 238 g/mol. The highest BCUT2D eigenvalue weighted by Gasteiger charge is 2.22. The zero-order chi connectivity index (χ0) is 13.5. The van der Waals surface area contributed by atoms with Crippen molar-refractivity contribution in [2.45, 2.75) is 44.6 Å². The molecular formula is C16H23NO2. The van der Waals surface area contributed by atoms with Crippen LogP contribution in [-0.4, -0.2) is 35.1 Å².